The largest absolute Gasteiger partial charge is 0.370 e. The molecular formula is C19H23N3O3S. The van der Waals surface area contributed by atoms with Gasteiger partial charge < -0.3 is 10.2 Å². The number of pyridine rings is 1. The molecule has 1 amide bonds. The molecule has 1 atom stereocenters. The van der Waals surface area contributed by atoms with E-state index in [1.807, 2.05) is 18.2 Å². The molecule has 7 heteroatoms. The molecular weight excluding hydrogens is 350 g/mol. The van der Waals surface area contributed by atoms with Gasteiger partial charge in [-0.05, 0) is 30.5 Å². The minimum atomic E-state index is -3.02. The van der Waals surface area contributed by atoms with Crippen molar-refractivity contribution in [2.45, 2.75) is 18.9 Å². The first-order valence-corrected chi connectivity index (χ1v) is 10.5. The number of sulfone groups is 1. The Hall–Kier alpha value is -2.41. The van der Waals surface area contributed by atoms with E-state index in [0.717, 1.165) is 6.42 Å². The van der Waals surface area contributed by atoms with Crippen molar-refractivity contribution in [3.63, 3.8) is 0 Å². The summed E-state index contributed by atoms with van der Waals surface area (Å²) in [6, 6.07) is 13.3. The van der Waals surface area contributed by atoms with Gasteiger partial charge in [-0.3, -0.25) is 4.79 Å². The van der Waals surface area contributed by atoms with E-state index in [4.69, 9.17) is 0 Å². The van der Waals surface area contributed by atoms with Crippen LogP contribution in [-0.2, 0) is 16.3 Å². The van der Waals surface area contributed by atoms with Crippen molar-refractivity contribution in [2.75, 3.05) is 30.4 Å². The van der Waals surface area contributed by atoms with Crippen LogP contribution in [0.5, 0.6) is 0 Å². The summed E-state index contributed by atoms with van der Waals surface area (Å²) in [6.07, 6.45) is 2.95. The number of hydrogen-bond donors (Lipinski definition) is 1. The zero-order valence-corrected chi connectivity index (χ0v) is 15.6. The van der Waals surface area contributed by atoms with Crippen LogP contribution in [0.15, 0.2) is 48.7 Å². The molecule has 1 fully saturated rings. The van der Waals surface area contributed by atoms with Crippen molar-refractivity contribution in [2.24, 2.45) is 0 Å². The molecule has 1 aliphatic rings. The van der Waals surface area contributed by atoms with Crippen LogP contribution in [0.2, 0.25) is 0 Å². The normalized spacial score (nSPS) is 18.4. The Morgan fingerprint density at radius 2 is 2.04 bits per heavy atom. The first-order chi connectivity index (χ1) is 12.4. The molecule has 6 nitrogen and oxygen atoms in total. The summed E-state index contributed by atoms with van der Waals surface area (Å²) < 4.78 is 23.3. The van der Waals surface area contributed by atoms with Crippen LogP contribution in [0, 0.1) is 0 Å². The zero-order chi connectivity index (χ0) is 18.6. The summed E-state index contributed by atoms with van der Waals surface area (Å²) in [5, 5.41) is 3.23. The van der Waals surface area contributed by atoms with E-state index in [1.165, 1.54) is 10.5 Å². The van der Waals surface area contributed by atoms with E-state index >= 15 is 0 Å². The number of aromatic nitrogens is 1. The third-order valence-electron chi connectivity index (χ3n) is 4.65. The second kappa shape index (κ2) is 7.86. The van der Waals surface area contributed by atoms with Crippen molar-refractivity contribution in [1.82, 2.24) is 9.88 Å². The molecule has 138 valence electrons. The summed E-state index contributed by atoms with van der Waals surface area (Å²) >= 11 is 0. The Balaban J connectivity index is 1.60. The monoisotopic (exact) mass is 373 g/mol. The van der Waals surface area contributed by atoms with Crippen molar-refractivity contribution < 1.29 is 13.2 Å². The van der Waals surface area contributed by atoms with E-state index in [9.17, 15) is 13.2 Å². The van der Waals surface area contributed by atoms with Crippen LogP contribution >= 0.6 is 0 Å². The fourth-order valence-corrected chi connectivity index (χ4v) is 4.86. The van der Waals surface area contributed by atoms with Gasteiger partial charge in [-0.2, -0.15) is 0 Å². The molecule has 0 saturated carbocycles. The summed E-state index contributed by atoms with van der Waals surface area (Å²) in [4.78, 5) is 18.5. The fraction of sp³-hybridized carbons (Fsp3) is 0.368. The van der Waals surface area contributed by atoms with E-state index in [-0.39, 0.29) is 23.5 Å². The third kappa shape index (κ3) is 4.60. The first-order valence-electron chi connectivity index (χ1n) is 8.66. The predicted molar refractivity (Wildman–Crippen MR) is 102 cm³/mol. The Bertz CT molecular complexity index is 869. The summed E-state index contributed by atoms with van der Waals surface area (Å²) in [5.74, 6) is 0.653. The van der Waals surface area contributed by atoms with E-state index < -0.39 is 9.84 Å². The maximum Gasteiger partial charge on any atom is 0.254 e. The van der Waals surface area contributed by atoms with Gasteiger partial charge in [0.25, 0.3) is 5.91 Å². The molecule has 1 N–H and O–H groups in total. The summed E-state index contributed by atoms with van der Waals surface area (Å²) in [7, 11) is -1.36. The average Bonchev–Trinajstić information content (AvgIpc) is 3.01. The highest BCUT2D eigenvalue weighted by Gasteiger charge is 2.33. The second-order valence-electron chi connectivity index (χ2n) is 6.57. The van der Waals surface area contributed by atoms with Gasteiger partial charge in [-0.25, -0.2) is 13.4 Å². The molecule has 26 heavy (non-hydrogen) atoms. The molecule has 2 heterocycles. The van der Waals surface area contributed by atoms with Gasteiger partial charge in [0.15, 0.2) is 9.84 Å². The van der Waals surface area contributed by atoms with Gasteiger partial charge in [0, 0.05) is 31.4 Å². The lowest BCUT2D eigenvalue weighted by Crippen LogP contribution is -2.37. The number of amides is 1. The van der Waals surface area contributed by atoms with Crippen molar-refractivity contribution in [3.05, 3.63) is 59.8 Å². The average molecular weight is 373 g/mol. The molecule has 2 aromatic rings. The lowest BCUT2D eigenvalue weighted by atomic mass is 10.1. The molecule has 0 aliphatic carbocycles. The van der Waals surface area contributed by atoms with Gasteiger partial charge >= 0.3 is 0 Å². The Morgan fingerprint density at radius 3 is 2.73 bits per heavy atom. The number of benzene rings is 1. The number of nitrogens with one attached hydrogen (secondary N) is 1. The number of rotatable bonds is 6. The highest BCUT2D eigenvalue weighted by atomic mass is 32.2. The SMILES string of the molecule is CN(C(=O)c1ccnc(NCCc2ccccc2)c1)C1CCS(=O)(=O)C1. The van der Waals surface area contributed by atoms with Crippen molar-refractivity contribution >= 4 is 21.6 Å². The van der Waals surface area contributed by atoms with Crippen LogP contribution < -0.4 is 5.32 Å². The van der Waals surface area contributed by atoms with Gasteiger partial charge in [0.05, 0.1) is 11.5 Å². The van der Waals surface area contributed by atoms with E-state index in [0.29, 0.717) is 24.3 Å². The smallest absolute Gasteiger partial charge is 0.254 e. The second-order valence-corrected chi connectivity index (χ2v) is 8.79. The molecule has 1 saturated heterocycles. The van der Waals surface area contributed by atoms with Crippen LogP contribution in [0.3, 0.4) is 0 Å². The minimum Gasteiger partial charge on any atom is -0.370 e. The molecule has 0 bridgehead atoms. The van der Waals surface area contributed by atoms with Crippen molar-refractivity contribution in [1.29, 1.82) is 0 Å². The van der Waals surface area contributed by atoms with E-state index in [1.54, 1.807) is 25.4 Å². The number of hydrogen-bond acceptors (Lipinski definition) is 5. The van der Waals surface area contributed by atoms with Gasteiger partial charge in [0.2, 0.25) is 0 Å². The molecule has 1 unspecified atom stereocenters. The maximum absolute atomic E-state index is 12.7. The highest BCUT2D eigenvalue weighted by Crippen LogP contribution is 2.19. The van der Waals surface area contributed by atoms with Gasteiger partial charge in [-0.1, -0.05) is 30.3 Å². The van der Waals surface area contributed by atoms with E-state index in [2.05, 4.69) is 22.4 Å². The quantitative estimate of drug-likeness (QED) is 0.838. The van der Waals surface area contributed by atoms with Crippen LogP contribution in [0.1, 0.15) is 22.3 Å². The van der Waals surface area contributed by atoms with Crippen molar-refractivity contribution in [3.8, 4) is 0 Å². The number of anilines is 1. The van der Waals surface area contributed by atoms with Crippen LogP contribution in [-0.4, -0.2) is 55.3 Å². The molecule has 1 aliphatic heterocycles. The number of carbonyl (C=O) groups is 1. The Kier molecular flexibility index (Phi) is 5.56. The standard InChI is InChI=1S/C19H23N3O3S/c1-22(17-9-12-26(24,25)14-17)19(23)16-8-11-21-18(13-16)20-10-7-15-5-3-2-4-6-15/h2-6,8,11,13,17H,7,9-10,12,14H2,1H3,(H,20,21). The summed E-state index contributed by atoms with van der Waals surface area (Å²) in [5.41, 5.74) is 1.74. The number of nitrogens with zero attached hydrogens (tertiary/aromatic N) is 2. The lowest BCUT2D eigenvalue weighted by molar-refractivity contribution is 0.0747. The lowest BCUT2D eigenvalue weighted by Gasteiger charge is -2.23. The Morgan fingerprint density at radius 1 is 1.27 bits per heavy atom. The molecule has 0 radical (unpaired) electrons. The molecule has 1 aromatic heterocycles. The molecule has 3 rings (SSSR count). The number of carbonyl (C=O) groups excluding carboxylic acids is 1. The Labute approximate surface area is 154 Å². The summed E-state index contributed by atoms with van der Waals surface area (Å²) in [6.45, 7) is 0.714. The first kappa shape index (κ1) is 18.4. The molecule has 1 aromatic carbocycles. The van der Waals surface area contributed by atoms with Crippen LogP contribution in [0.4, 0.5) is 5.82 Å². The highest BCUT2D eigenvalue weighted by molar-refractivity contribution is 7.91. The minimum absolute atomic E-state index is 0.0442. The van der Waals surface area contributed by atoms with Gasteiger partial charge in [-0.15, -0.1) is 0 Å². The topological polar surface area (TPSA) is 79.4 Å². The fourth-order valence-electron chi connectivity index (χ4n) is 3.09. The van der Waals surface area contributed by atoms with Crippen LogP contribution in [0.25, 0.3) is 0 Å². The zero-order valence-electron chi connectivity index (χ0n) is 14.8. The van der Waals surface area contributed by atoms with Gasteiger partial charge in [0.1, 0.15) is 5.82 Å². The molecule has 0 spiro atoms. The predicted octanol–water partition coefficient (Wildman–Crippen LogP) is 2.00. The third-order valence-corrected chi connectivity index (χ3v) is 6.40. The maximum atomic E-state index is 12.7.